The molecule has 1 aromatic carbocycles. The molecule has 0 amide bonds. The van der Waals surface area contributed by atoms with E-state index in [-0.39, 0.29) is 0 Å². The minimum atomic E-state index is 0.560. The lowest BCUT2D eigenvalue weighted by Gasteiger charge is -2.13. The molecular formula is C14H18N4O. The monoisotopic (exact) mass is 258 g/mol. The lowest BCUT2D eigenvalue weighted by molar-refractivity contribution is 0.399. The fourth-order valence-electron chi connectivity index (χ4n) is 2.37. The first-order chi connectivity index (χ1) is 9.36. The summed E-state index contributed by atoms with van der Waals surface area (Å²) in [5.74, 6) is 1.94. The van der Waals surface area contributed by atoms with Gasteiger partial charge in [0, 0.05) is 6.54 Å². The van der Waals surface area contributed by atoms with Gasteiger partial charge in [-0.1, -0.05) is 12.1 Å². The molecular weight excluding hydrogens is 240 g/mol. The van der Waals surface area contributed by atoms with Crippen LogP contribution in [0.5, 0.6) is 5.88 Å². The van der Waals surface area contributed by atoms with E-state index in [1.807, 2.05) is 24.3 Å². The molecule has 0 aliphatic carbocycles. The Bertz CT molecular complexity index is 566. The maximum Gasteiger partial charge on any atom is 0.257 e. The minimum absolute atomic E-state index is 0.560. The third-order valence-electron chi connectivity index (χ3n) is 3.45. The normalized spacial score (nSPS) is 18.7. The number of anilines is 1. The lowest BCUT2D eigenvalue weighted by Crippen LogP contribution is -2.18. The van der Waals surface area contributed by atoms with Crippen molar-refractivity contribution >= 4 is 16.9 Å². The summed E-state index contributed by atoms with van der Waals surface area (Å²) in [6.45, 7) is 3.07. The fourth-order valence-corrected chi connectivity index (χ4v) is 2.37. The van der Waals surface area contributed by atoms with Gasteiger partial charge in [0.2, 0.25) is 0 Å². The number of nitrogens with zero attached hydrogens (tertiary/aromatic N) is 2. The second kappa shape index (κ2) is 5.40. The summed E-state index contributed by atoms with van der Waals surface area (Å²) >= 11 is 0. The minimum Gasteiger partial charge on any atom is -0.478 e. The average molecular weight is 258 g/mol. The fraction of sp³-hybridized carbons (Fsp3) is 0.429. The van der Waals surface area contributed by atoms with Crippen molar-refractivity contribution in [2.24, 2.45) is 5.92 Å². The molecule has 0 radical (unpaired) electrons. The average Bonchev–Trinajstić information content (AvgIpc) is 2.97. The molecule has 5 heteroatoms. The van der Waals surface area contributed by atoms with Gasteiger partial charge in [-0.15, -0.1) is 0 Å². The van der Waals surface area contributed by atoms with Gasteiger partial charge in [0.05, 0.1) is 18.1 Å². The number of fused-ring (bicyclic) bond motifs is 1. The number of hydrogen-bond donors (Lipinski definition) is 2. The van der Waals surface area contributed by atoms with Gasteiger partial charge in [0.25, 0.3) is 5.88 Å². The van der Waals surface area contributed by atoms with E-state index in [9.17, 15) is 0 Å². The van der Waals surface area contributed by atoms with Crippen molar-refractivity contribution in [1.29, 1.82) is 0 Å². The number of methoxy groups -OCH3 is 1. The zero-order chi connectivity index (χ0) is 13.1. The van der Waals surface area contributed by atoms with E-state index in [0.717, 1.165) is 36.5 Å². The molecule has 19 heavy (non-hydrogen) atoms. The lowest BCUT2D eigenvalue weighted by atomic mass is 10.1. The predicted octanol–water partition coefficient (Wildman–Crippen LogP) is 1.66. The highest BCUT2D eigenvalue weighted by Crippen LogP contribution is 2.23. The van der Waals surface area contributed by atoms with Crippen LogP contribution < -0.4 is 15.4 Å². The molecule has 1 atom stereocenters. The van der Waals surface area contributed by atoms with Gasteiger partial charge in [-0.05, 0) is 37.6 Å². The molecule has 0 spiro atoms. The van der Waals surface area contributed by atoms with E-state index in [4.69, 9.17) is 4.74 Å². The summed E-state index contributed by atoms with van der Waals surface area (Å²) < 4.78 is 5.32. The molecule has 1 aliphatic heterocycles. The molecule has 0 saturated carbocycles. The number of ether oxygens (including phenoxy) is 1. The van der Waals surface area contributed by atoms with Gasteiger partial charge < -0.3 is 15.4 Å². The summed E-state index contributed by atoms with van der Waals surface area (Å²) in [4.78, 5) is 9.06. The number of hydrogen-bond acceptors (Lipinski definition) is 5. The van der Waals surface area contributed by atoms with Crippen molar-refractivity contribution in [3.63, 3.8) is 0 Å². The van der Waals surface area contributed by atoms with Crippen LogP contribution >= 0.6 is 0 Å². The van der Waals surface area contributed by atoms with Crippen LogP contribution in [-0.2, 0) is 0 Å². The third kappa shape index (κ3) is 2.61. The Kier molecular flexibility index (Phi) is 3.46. The van der Waals surface area contributed by atoms with Crippen molar-refractivity contribution in [1.82, 2.24) is 15.3 Å². The van der Waals surface area contributed by atoms with E-state index in [0.29, 0.717) is 11.8 Å². The molecule has 2 aromatic rings. The van der Waals surface area contributed by atoms with Crippen LogP contribution in [0.15, 0.2) is 24.3 Å². The molecule has 5 nitrogen and oxygen atoms in total. The summed E-state index contributed by atoms with van der Waals surface area (Å²) in [5.41, 5.74) is 1.74. The maximum absolute atomic E-state index is 5.32. The second-order valence-electron chi connectivity index (χ2n) is 4.81. The van der Waals surface area contributed by atoms with Crippen LogP contribution in [0.2, 0.25) is 0 Å². The number of aromatic nitrogens is 2. The first-order valence-electron chi connectivity index (χ1n) is 6.62. The van der Waals surface area contributed by atoms with Gasteiger partial charge >= 0.3 is 0 Å². The highest BCUT2D eigenvalue weighted by atomic mass is 16.5. The SMILES string of the molecule is COc1nc2ccccc2nc1NC[C@@H]1CCNC1. The van der Waals surface area contributed by atoms with E-state index in [2.05, 4.69) is 20.6 Å². The van der Waals surface area contributed by atoms with Crippen molar-refractivity contribution in [3.05, 3.63) is 24.3 Å². The summed E-state index contributed by atoms with van der Waals surface area (Å²) in [6, 6.07) is 7.82. The van der Waals surface area contributed by atoms with E-state index in [1.54, 1.807) is 7.11 Å². The Labute approximate surface area is 112 Å². The smallest absolute Gasteiger partial charge is 0.257 e. The predicted molar refractivity (Wildman–Crippen MR) is 75.6 cm³/mol. The summed E-state index contributed by atoms with van der Waals surface area (Å²) in [7, 11) is 1.63. The summed E-state index contributed by atoms with van der Waals surface area (Å²) in [5, 5.41) is 6.72. The molecule has 2 N–H and O–H groups in total. The second-order valence-corrected chi connectivity index (χ2v) is 4.81. The summed E-state index contributed by atoms with van der Waals surface area (Å²) in [6.07, 6.45) is 1.20. The Hall–Kier alpha value is -1.88. The van der Waals surface area contributed by atoms with E-state index >= 15 is 0 Å². The van der Waals surface area contributed by atoms with Gasteiger partial charge in [0.15, 0.2) is 5.82 Å². The van der Waals surface area contributed by atoms with E-state index < -0.39 is 0 Å². The first kappa shape index (κ1) is 12.2. The molecule has 0 bridgehead atoms. The Morgan fingerprint density at radius 3 is 2.79 bits per heavy atom. The highest BCUT2D eigenvalue weighted by molar-refractivity contribution is 5.77. The standard InChI is InChI=1S/C14H18N4O/c1-19-14-13(16-9-10-6-7-15-8-10)17-11-4-2-3-5-12(11)18-14/h2-5,10,15H,6-9H2,1H3,(H,16,17)/t10-/m1/s1. The zero-order valence-corrected chi connectivity index (χ0v) is 11.0. The van der Waals surface area contributed by atoms with Crippen molar-refractivity contribution < 1.29 is 4.74 Å². The van der Waals surface area contributed by atoms with Crippen molar-refractivity contribution in [2.45, 2.75) is 6.42 Å². The third-order valence-corrected chi connectivity index (χ3v) is 3.45. The largest absolute Gasteiger partial charge is 0.478 e. The van der Waals surface area contributed by atoms with Crippen molar-refractivity contribution in [3.8, 4) is 5.88 Å². The first-order valence-corrected chi connectivity index (χ1v) is 6.62. The van der Waals surface area contributed by atoms with Crippen LogP contribution in [0.25, 0.3) is 11.0 Å². The van der Waals surface area contributed by atoms with Crippen LogP contribution in [0.4, 0.5) is 5.82 Å². The van der Waals surface area contributed by atoms with Crippen LogP contribution in [0.1, 0.15) is 6.42 Å². The van der Waals surface area contributed by atoms with Crippen LogP contribution in [0, 0.1) is 5.92 Å². The number of benzene rings is 1. The number of nitrogens with one attached hydrogen (secondary N) is 2. The Morgan fingerprint density at radius 2 is 2.11 bits per heavy atom. The molecule has 1 fully saturated rings. The van der Waals surface area contributed by atoms with Gasteiger partial charge in [-0.3, -0.25) is 0 Å². The Balaban J connectivity index is 1.83. The molecule has 1 aliphatic rings. The van der Waals surface area contributed by atoms with Gasteiger partial charge in [-0.2, -0.15) is 0 Å². The number of rotatable bonds is 4. The molecule has 3 rings (SSSR count). The maximum atomic E-state index is 5.32. The topological polar surface area (TPSA) is 59.1 Å². The quantitative estimate of drug-likeness (QED) is 0.873. The molecule has 100 valence electrons. The molecule has 2 heterocycles. The van der Waals surface area contributed by atoms with Crippen LogP contribution in [-0.4, -0.2) is 36.7 Å². The number of para-hydroxylation sites is 2. The van der Waals surface area contributed by atoms with Gasteiger partial charge in [-0.25, -0.2) is 9.97 Å². The highest BCUT2D eigenvalue weighted by Gasteiger charge is 2.16. The Morgan fingerprint density at radius 1 is 1.32 bits per heavy atom. The molecule has 1 saturated heterocycles. The van der Waals surface area contributed by atoms with E-state index in [1.165, 1.54) is 6.42 Å². The molecule has 0 unspecified atom stereocenters. The zero-order valence-electron chi connectivity index (χ0n) is 11.0. The molecule has 1 aromatic heterocycles. The van der Waals surface area contributed by atoms with Crippen LogP contribution in [0.3, 0.4) is 0 Å². The van der Waals surface area contributed by atoms with Gasteiger partial charge in [0.1, 0.15) is 0 Å². The van der Waals surface area contributed by atoms with Crippen molar-refractivity contribution in [2.75, 3.05) is 32.1 Å².